The van der Waals surface area contributed by atoms with Gasteiger partial charge in [0.15, 0.2) is 0 Å². The van der Waals surface area contributed by atoms with Crippen LogP contribution in [0.25, 0.3) is 0 Å². The number of aliphatic carboxylic acids is 1. The number of hydrogen-bond donors (Lipinski definition) is 4. The van der Waals surface area contributed by atoms with E-state index in [1.165, 1.54) is 0 Å². The van der Waals surface area contributed by atoms with Crippen LogP contribution in [0.3, 0.4) is 0 Å². The SMILES string of the molecule is CC(C)(C)OC(=O)N[C@@H](CCCCNC(=O)CCOCCOCCOCCOCCOCCOCCOCCOCCN)C(=O)O. The molecule has 272 valence electrons. The number of carboxylic acids is 1. The zero-order valence-corrected chi connectivity index (χ0v) is 28.1. The third kappa shape index (κ3) is 33.2. The summed E-state index contributed by atoms with van der Waals surface area (Å²) in [5, 5.41) is 14.4. The highest BCUT2D eigenvalue weighted by molar-refractivity contribution is 5.80. The van der Waals surface area contributed by atoms with E-state index in [0.717, 1.165) is 0 Å². The number of carbonyl (C=O) groups is 3. The maximum Gasteiger partial charge on any atom is 0.408 e. The normalized spacial score (nSPS) is 12.2. The second-order valence-corrected chi connectivity index (χ2v) is 10.8. The minimum atomic E-state index is -1.13. The second kappa shape index (κ2) is 31.4. The number of hydrogen-bond acceptors (Lipinski definition) is 13. The Morgan fingerprint density at radius 2 is 1.02 bits per heavy atom. The number of rotatable bonds is 33. The summed E-state index contributed by atoms with van der Waals surface area (Å²) in [6, 6.07) is -1.05. The number of unbranched alkanes of at least 4 members (excludes halogenated alkanes) is 1. The first-order chi connectivity index (χ1) is 22.2. The fourth-order valence-electron chi connectivity index (χ4n) is 3.39. The van der Waals surface area contributed by atoms with Crippen molar-refractivity contribution in [2.45, 2.75) is 58.1 Å². The molecule has 16 nitrogen and oxygen atoms in total. The number of carbonyl (C=O) groups excluding carboxylic acids is 2. The van der Waals surface area contributed by atoms with E-state index >= 15 is 0 Å². The molecule has 5 N–H and O–H groups in total. The minimum Gasteiger partial charge on any atom is -0.480 e. The Morgan fingerprint density at radius 3 is 1.39 bits per heavy atom. The lowest BCUT2D eigenvalue weighted by molar-refractivity contribution is -0.139. The third-order valence-electron chi connectivity index (χ3n) is 5.57. The van der Waals surface area contributed by atoms with Crippen molar-refractivity contribution in [1.82, 2.24) is 10.6 Å². The standard InChI is InChI=1S/C30H59N3O13/c1-30(2,3)46-29(37)33-26(28(35)36)6-4-5-9-32-27(34)7-10-38-12-14-40-16-18-42-20-22-44-24-25-45-23-21-43-19-17-41-15-13-39-11-8-31/h26H,4-25,31H2,1-3H3,(H,32,34)(H,33,37)(H,35,36)/t26-/m0/s1. The van der Waals surface area contributed by atoms with Crippen molar-refractivity contribution in [2.75, 3.05) is 119 Å². The van der Waals surface area contributed by atoms with Gasteiger partial charge in [0.2, 0.25) is 5.91 Å². The van der Waals surface area contributed by atoms with Crippen molar-refractivity contribution < 1.29 is 62.1 Å². The molecule has 16 heteroatoms. The van der Waals surface area contributed by atoms with Gasteiger partial charge in [0.1, 0.15) is 11.6 Å². The fraction of sp³-hybridized carbons (Fsp3) is 0.900. The molecule has 0 aromatic carbocycles. The van der Waals surface area contributed by atoms with Gasteiger partial charge in [0, 0.05) is 19.5 Å². The molecule has 0 fully saturated rings. The zero-order valence-electron chi connectivity index (χ0n) is 28.1. The molecule has 46 heavy (non-hydrogen) atoms. The molecule has 0 bridgehead atoms. The highest BCUT2D eigenvalue weighted by atomic mass is 16.6. The fourth-order valence-corrected chi connectivity index (χ4v) is 3.39. The Kier molecular flexibility index (Phi) is 30.0. The first-order valence-corrected chi connectivity index (χ1v) is 16.0. The number of nitrogens with one attached hydrogen (secondary N) is 2. The first-order valence-electron chi connectivity index (χ1n) is 16.0. The molecule has 1 atom stereocenters. The van der Waals surface area contributed by atoms with E-state index in [9.17, 15) is 19.5 Å². The van der Waals surface area contributed by atoms with Crippen molar-refractivity contribution in [3.8, 4) is 0 Å². The lowest BCUT2D eigenvalue weighted by atomic mass is 10.1. The summed E-state index contributed by atoms with van der Waals surface area (Å²) >= 11 is 0. The van der Waals surface area contributed by atoms with E-state index in [0.29, 0.717) is 125 Å². The molecule has 0 aromatic heterocycles. The van der Waals surface area contributed by atoms with E-state index in [1.807, 2.05) is 0 Å². The van der Waals surface area contributed by atoms with Crippen LogP contribution < -0.4 is 16.4 Å². The highest BCUT2D eigenvalue weighted by Gasteiger charge is 2.23. The van der Waals surface area contributed by atoms with E-state index in [4.69, 9.17) is 48.4 Å². The average molecular weight is 670 g/mol. The van der Waals surface area contributed by atoms with E-state index in [2.05, 4.69) is 10.6 Å². The van der Waals surface area contributed by atoms with Crippen LogP contribution >= 0.6 is 0 Å². The summed E-state index contributed by atoms with van der Waals surface area (Å²) in [6.07, 6.45) is 0.747. The average Bonchev–Trinajstić information content (AvgIpc) is 2.99. The molecule has 2 amide bonds. The van der Waals surface area contributed by atoms with Gasteiger partial charge in [0.25, 0.3) is 0 Å². The molecule has 0 aliphatic carbocycles. The van der Waals surface area contributed by atoms with Crippen molar-refractivity contribution in [3.63, 3.8) is 0 Å². The second-order valence-electron chi connectivity index (χ2n) is 10.8. The van der Waals surface area contributed by atoms with Crippen molar-refractivity contribution in [1.29, 1.82) is 0 Å². The largest absolute Gasteiger partial charge is 0.480 e. The third-order valence-corrected chi connectivity index (χ3v) is 5.57. The van der Waals surface area contributed by atoms with Gasteiger partial charge in [-0.05, 0) is 40.0 Å². The van der Waals surface area contributed by atoms with Crippen LogP contribution in [0.5, 0.6) is 0 Å². The first kappa shape index (κ1) is 43.9. The summed E-state index contributed by atoms with van der Waals surface area (Å²) in [6.45, 7) is 13.4. The van der Waals surface area contributed by atoms with Gasteiger partial charge >= 0.3 is 12.1 Å². The zero-order chi connectivity index (χ0) is 34.1. The number of carboxylic acid groups (broad SMARTS) is 1. The predicted molar refractivity (Wildman–Crippen MR) is 168 cm³/mol. The van der Waals surface area contributed by atoms with Crippen molar-refractivity contribution in [2.24, 2.45) is 5.73 Å². The quantitative estimate of drug-likeness (QED) is 0.0712. The maximum absolute atomic E-state index is 11.9. The van der Waals surface area contributed by atoms with Crippen LogP contribution in [0.2, 0.25) is 0 Å². The summed E-state index contributed by atoms with van der Waals surface area (Å²) < 4.78 is 48.2. The lowest BCUT2D eigenvalue weighted by Gasteiger charge is -2.22. The molecule has 0 aliphatic rings. The van der Waals surface area contributed by atoms with Crippen LogP contribution in [0, 0.1) is 0 Å². The van der Waals surface area contributed by atoms with E-state index in [1.54, 1.807) is 20.8 Å². The molecular formula is C30H59N3O13. The molecule has 0 heterocycles. The molecule has 0 radical (unpaired) electrons. The molecule has 0 aromatic rings. The lowest BCUT2D eigenvalue weighted by Crippen LogP contribution is -2.43. The molecule has 0 saturated carbocycles. The van der Waals surface area contributed by atoms with Crippen LogP contribution in [-0.4, -0.2) is 154 Å². The number of alkyl carbamates (subject to hydrolysis) is 1. The summed E-state index contributed by atoms with van der Waals surface area (Å²) in [4.78, 5) is 35.1. The van der Waals surface area contributed by atoms with Gasteiger partial charge < -0.3 is 64.1 Å². The van der Waals surface area contributed by atoms with Gasteiger partial charge in [-0.2, -0.15) is 0 Å². The predicted octanol–water partition coefficient (Wildman–Crippen LogP) is 0.732. The van der Waals surface area contributed by atoms with E-state index < -0.39 is 23.7 Å². The van der Waals surface area contributed by atoms with Crippen LogP contribution in [-0.2, 0) is 52.2 Å². The summed E-state index contributed by atoms with van der Waals surface area (Å²) in [7, 11) is 0. The molecule has 0 aliphatic heterocycles. The van der Waals surface area contributed by atoms with E-state index in [-0.39, 0.29) is 25.4 Å². The van der Waals surface area contributed by atoms with Gasteiger partial charge in [-0.1, -0.05) is 0 Å². The smallest absolute Gasteiger partial charge is 0.408 e. The van der Waals surface area contributed by atoms with Gasteiger partial charge in [-0.3, -0.25) is 4.79 Å². The number of amides is 2. The highest BCUT2D eigenvalue weighted by Crippen LogP contribution is 2.08. The van der Waals surface area contributed by atoms with Gasteiger partial charge in [-0.25, -0.2) is 9.59 Å². The molecule has 0 spiro atoms. The van der Waals surface area contributed by atoms with Crippen LogP contribution in [0.15, 0.2) is 0 Å². The van der Waals surface area contributed by atoms with Crippen molar-refractivity contribution >= 4 is 18.0 Å². The van der Waals surface area contributed by atoms with Crippen LogP contribution in [0.1, 0.15) is 46.5 Å². The molecule has 0 unspecified atom stereocenters. The minimum absolute atomic E-state index is 0.155. The Morgan fingerprint density at radius 1 is 0.630 bits per heavy atom. The Balaban J connectivity index is 3.38. The molecular weight excluding hydrogens is 610 g/mol. The Labute approximate surface area is 273 Å². The molecule has 0 saturated heterocycles. The van der Waals surface area contributed by atoms with Crippen molar-refractivity contribution in [3.05, 3.63) is 0 Å². The molecule has 0 rings (SSSR count). The number of ether oxygens (including phenoxy) is 9. The van der Waals surface area contributed by atoms with Gasteiger partial charge in [0.05, 0.1) is 106 Å². The van der Waals surface area contributed by atoms with Crippen LogP contribution in [0.4, 0.5) is 4.79 Å². The van der Waals surface area contributed by atoms with Gasteiger partial charge in [-0.15, -0.1) is 0 Å². The Hall–Kier alpha value is -2.15. The summed E-state index contributed by atoms with van der Waals surface area (Å²) in [5.41, 5.74) is 4.61. The number of nitrogens with two attached hydrogens (primary N) is 1. The topological polar surface area (TPSA) is 205 Å². The Bertz CT molecular complexity index is 741. The monoisotopic (exact) mass is 669 g/mol. The maximum atomic E-state index is 11.9. The summed E-state index contributed by atoms with van der Waals surface area (Å²) in [5.74, 6) is -1.29.